The third-order valence-corrected chi connectivity index (χ3v) is 6.15. The monoisotopic (exact) mass is 426 g/mol. The summed E-state index contributed by atoms with van der Waals surface area (Å²) in [6.45, 7) is 3.64. The molecule has 0 aliphatic carbocycles. The van der Waals surface area contributed by atoms with Crippen LogP contribution in [0, 0.1) is 19.7 Å². The number of para-hydroxylation sites is 1. The number of hydrogen-bond donors (Lipinski definition) is 2. The lowest BCUT2D eigenvalue weighted by Crippen LogP contribution is -2.17. The predicted octanol–water partition coefficient (Wildman–Crippen LogP) is 4.81. The second-order valence-corrected chi connectivity index (χ2v) is 8.75. The fraction of sp³-hybridized carbons (Fsp3) is 0.174. The van der Waals surface area contributed by atoms with Gasteiger partial charge >= 0.3 is 0 Å². The quantitative estimate of drug-likeness (QED) is 0.569. The van der Waals surface area contributed by atoms with Crippen LogP contribution in [-0.2, 0) is 21.2 Å². The Morgan fingerprint density at radius 1 is 0.967 bits per heavy atom. The van der Waals surface area contributed by atoms with Crippen LogP contribution in [0.2, 0.25) is 0 Å². The number of carbonyl (C=O) groups is 1. The van der Waals surface area contributed by atoms with Crippen LogP contribution in [-0.4, -0.2) is 14.3 Å². The Hall–Kier alpha value is -3.19. The first kappa shape index (κ1) is 21.5. The van der Waals surface area contributed by atoms with E-state index in [-0.39, 0.29) is 22.9 Å². The molecule has 0 atom stereocenters. The highest BCUT2D eigenvalue weighted by atomic mass is 32.2. The molecule has 0 aliphatic rings. The molecule has 0 aromatic heterocycles. The molecule has 3 rings (SSSR count). The van der Waals surface area contributed by atoms with E-state index in [0.717, 1.165) is 11.1 Å². The molecule has 0 radical (unpaired) electrons. The number of hydrogen-bond acceptors (Lipinski definition) is 3. The minimum absolute atomic E-state index is 0.0258. The molecule has 0 unspecified atom stereocenters. The molecule has 156 valence electrons. The number of carbonyl (C=O) groups excluding carboxylic acids is 1. The smallest absolute Gasteiger partial charge is 0.262 e. The third kappa shape index (κ3) is 5.45. The Kier molecular flexibility index (Phi) is 6.52. The van der Waals surface area contributed by atoms with Crippen LogP contribution in [0.4, 0.5) is 15.8 Å². The normalized spacial score (nSPS) is 11.2. The van der Waals surface area contributed by atoms with Gasteiger partial charge in [-0.15, -0.1) is 0 Å². The van der Waals surface area contributed by atoms with Crippen LogP contribution < -0.4 is 10.0 Å². The van der Waals surface area contributed by atoms with Crippen LogP contribution in [0.3, 0.4) is 0 Å². The summed E-state index contributed by atoms with van der Waals surface area (Å²) in [5.74, 6) is -0.885. The van der Waals surface area contributed by atoms with Crippen molar-refractivity contribution in [2.75, 3.05) is 10.0 Å². The van der Waals surface area contributed by atoms with Crippen LogP contribution in [0.1, 0.15) is 23.1 Å². The van der Waals surface area contributed by atoms with Crippen molar-refractivity contribution in [2.24, 2.45) is 0 Å². The summed E-state index contributed by atoms with van der Waals surface area (Å²) in [6, 6.07) is 18.1. The number of rotatable bonds is 7. The van der Waals surface area contributed by atoms with E-state index in [4.69, 9.17) is 0 Å². The Balaban J connectivity index is 1.72. The summed E-state index contributed by atoms with van der Waals surface area (Å²) >= 11 is 0. The number of benzene rings is 3. The van der Waals surface area contributed by atoms with E-state index in [0.29, 0.717) is 17.7 Å². The summed E-state index contributed by atoms with van der Waals surface area (Å²) in [5, 5.41) is 2.73. The molecule has 0 aliphatic heterocycles. The molecule has 0 heterocycles. The van der Waals surface area contributed by atoms with Gasteiger partial charge in [-0.3, -0.25) is 9.52 Å². The third-order valence-electron chi connectivity index (χ3n) is 4.64. The Labute approximate surface area is 176 Å². The minimum Gasteiger partial charge on any atom is -0.326 e. The van der Waals surface area contributed by atoms with Crippen LogP contribution in [0.5, 0.6) is 0 Å². The van der Waals surface area contributed by atoms with Crippen molar-refractivity contribution in [3.63, 3.8) is 0 Å². The first-order chi connectivity index (χ1) is 14.2. The number of amides is 1. The van der Waals surface area contributed by atoms with Gasteiger partial charge in [-0.05, 0) is 55.7 Å². The van der Waals surface area contributed by atoms with Gasteiger partial charge in [0.05, 0.1) is 10.6 Å². The topological polar surface area (TPSA) is 75.3 Å². The molecule has 0 saturated heterocycles. The number of halogens is 1. The highest BCUT2D eigenvalue weighted by molar-refractivity contribution is 7.92. The highest BCUT2D eigenvalue weighted by Crippen LogP contribution is 2.24. The lowest BCUT2D eigenvalue weighted by molar-refractivity contribution is -0.116. The molecule has 0 saturated carbocycles. The maximum absolute atomic E-state index is 13.9. The van der Waals surface area contributed by atoms with Crippen molar-refractivity contribution in [3.8, 4) is 0 Å². The van der Waals surface area contributed by atoms with Gasteiger partial charge in [-0.2, -0.15) is 0 Å². The van der Waals surface area contributed by atoms with Gasteiger partial charge in [0.2, 0.25) is 5.91 Å². The van der Waals surface area contributed by atoms with Gasteiger partial charge < -0.3 is 5.32 Å². The van der Waals surface area contributed by atoms with E-state index in [1.807, 2.05) is 31.2 Å². The highest BCUT2D eigenvalue weighted by Gasteiger charge is 2.19. The number of nitrogens with one attached hydrogen (secondary N) is 2. The molecule has 3 aromatic rings. The van der Waals surface area contributed by atoms with E-state index < -0.39 is 15.8 Å². The fourth-order valence-electron chi connectivity index (χ4n) is 2.95. The maximum atomic E-state index is 13.9. The largest absolute Gasteiger partial charge is 0.326 e. The predicted molar refractivity (Wildman–Crippen MR) is 117 cm³/mol. The molecule has 1 amide bonds. The van der Waals surface area contributed by atoms with Gasteiger partial charge in [0.25, 0.3) is 10.0 Å². The maximum Gasteiger partial charge on any atom is 0.262 e. The van der Waals surface area contributed by atoms with Gasteiger partial charge in [0.15, 0.2) is 0 Å². The summed E-state index contributed by atoms with van der Waals surface area (Å²) in [4.78, 5) is 12.3. The zero-order valence-electron chi connectivity index (χ0n) is 16.8. The molecule has 5 nitrogen and oxygen atoms in total. The summed E-state index contributed by atoms with van der Waals surface area (Å²) in [5.41, 5.74) is 2.92. The van der Waals surface area contributed by atoms with Gasteiger partial charge in [-0.25, -0.2) is 12.8 Å². The zero-order valence-corrected chi connectivity index (χ0v) is 17.6. The molecule has 0 fully saturated rings. The minimum atomic E-state index is -4.03. The summed E-state index contributed by atoms with van der Waals surface area (Å²) in [7, 11) is -4.03. The first-order valence-corrected chi connectivity index (χ1v) is 11.0. The molecular weight excluding hydrogens is 403 g/mol. The second kappa shape index (κ2) is 9.09. The fourth-order valence-corrected chi connectivity index (χ4v) is 4.29. The lowest BCUT2D eigenvalue weighted by atomic mass is 10.1. The number of sulfonamides is 1. The Bertz CT molecular complexity index is 1160. The summed E-state index contributed by atoms with van der Waals surface area (Å²) in [6.07, 6.45) is 0.852. The molecule has 30 heavy (non-hydrogen) atoms. The van der Waals surface area contributed by atoms with Gasteiger partial charge in [-0.1, -0.05) is 48.0 Å². The lowest BCUT2D eigenvalue weighted by Gasteiger charge is -2.13. The zero-order chi connectivity index (χ0) is 21.7. The number of anilines is 2. The molecule has 2 N–H and O–H groups in total. The van der Waals surface area contributed by atoms with E-state index >= 15 is 0 Å². The van der Waals surface area contributed by atoms with Crippen LogP contribution in [0.25, 0.3) is 0 Å². The van der Waals surface area contributed by atoms with Gasteiger partial charge in [0, 0.05) is 12.1 Å². The van der Waals surface area contributed by atoms with Crippen LogP contribution >= 0.6 is 0 Å². The van der Waals surface area contributed by atoms with E-state index in [1.54, 1.807) is 25.1 Å². The summed E-state index contributed by atoms with van der Waals surface area (Å²) < 4.78 is 41.6. The standard InChI is InChI=1S/C23H23FN2O3S/c1-16-7-10-18(11-8-16)12-14-23(27)25-19-13-9-17(2)22(15-19)30(28,29)26-21-6-4-3-5-20(21)24/h3-11,13,15,26H,12,14H2,1-2H3,(H,25,27). The number of aryl methyl sites for hydroxylation is 3. The van der Waals surface area contributed by atoms with Crippen LogP contribution in [0.15, 0.2) is 71.6 Å². The van der Waals surface area contributed by atoms with Crippen molar-refractivity contribution in [2.45, 2.75) is 31.6 Å². The molecule has 3 aromatic carbocycles. The first-order valence-electron chi connectivity index (χ1n) is 9.48. The molecule has 0 bridgehead atoms. The average Bonchev–Trinajstić information content (AvgIpc) is 2.70. The Morgan fingerprint density at radius 3 is 2.37 bits per heavy atom. The van der Waals surface area contributed by atoms with Crippen molar-refractivity contribution < 1.29 is 17.6 Å². The molecule has 7 heteroatoms. The van der Waals surface area contributed by atoms with Crippen molar-refractivity contribution >= 4 is 27.3 Å². The SMILES string of the molecule is Cc1ccc(CCC(=O)Nc2ccc(C)c(S(=O)(=O)Nc3ccccc3F)c2)cc1. The van der Waals surface area contributed by atoms with Crippen molar-refractivity contribution in [1.29, 1.82) is 0 Å². The van der Waals surface area contributed by atoms with Crippen molar-refractivity contribution in [1.82, 2.24) is 0 Å². The average molecular weight is 427 g/mol. The van der Waals surface area contributed by atoms with E-state index in [2.05, 4.69) is 10.0 Å². The molecular formula is C23H23FN2O3S. The molecule has 0 spiro atoms. The second-order valence-electron chi connectivity index (χ2n) is 7.10. The Morgan fingerprint density at radius 2 is 1.67 bits per heavy atom. The van der Waals surface area contributed by atoms with Crippen molar-refractivity contribution in [3.05, 3.63) is 89.2 Å². The van der Waals surface area contributed by atoms with E-state index in [1.165, 1.54) is 24.3 Å². The van der Waals surface area contributed by atoms with Gasteiger partial charge in [0.1, 0.15) is 5.82 Å². The van der Waals surface area contributed by atoms with E-state index in [9.17, 15) is 17.6 Å².